The molecule has 182 valence electrons. The Morgan fingerprint density at radius 3 is 2.29 bits per heavy atom. The number of likely N-dealkylation sites (tertiary alicyclic amines) is 1. The Morgan fingerprint density at radius 1 is 1.06 bits per heavy atom. The maximum atomic E-state index is 13.4. The molecule has 1 saturated carbocycles. The van der Waals surface area contributed by atoms with Crippen molar-refractivity contribution in [2.75, 3.05) is 26.2 Å². The lowest BCUT2D eigenvalue weighted by molar-refractivity contribution is -0.486. The van der Waals surface area contributed by atoms with Crippen LogP contribution in [0.4, 0.5) is 0 Å². The summed E-state index contributed by atoms with van der Waals surface area (Å²) in [5, 5.41) is 11.7. The van der Waals surface area contributed by atoms with Gasteiger partial charge in [-0.1, -0.05) is 73.5 Å². The Morgan fingerprint density at radius 2 is 1.68 bits per heavy atom. The summed E-state index contributed by atoms with van der Waals surface area (Å²) in [5.41, 5.74) is 1.36. The molecule has 1 aliphatic heterocycles. The second-order valence-electron chi connectivity index (χ2n) is 9.76. The largest absolute Gasteiger partial charge is 0.466 e. The third kappa shape index (κ3) is 5.17. The average molecular weight is 465 g/mol. The molecule has 6 heteroatoms. The molecule has 34 heavy (non-hydrogen) atoms. The molecule has 4 rings (SSSR count). The molecule has 2 fully saturated rings. The summed E-state index contributed by atoms with van der Waals surface area (Å²) >= 11 is 0. The topological polar surface area (TPSA) is 72.7 Å². The summed E-state index contributed by atoms with van der Waals surface area (Å²) in [6, 6.07) is 20.7. The van der Waals surface area contributed by atoms with Crippen molar-refractivity contribution in [2.24, 2.45) is 5.41 Å². The van der Waals surface area contributed by atoms with Crippen LogP contribution >= 0.6 is 0 Å². The first-order chi connectivity index (χ1) is 16.5. The van der Waals surface area contributed by atoms with Crippen LogP contribution < -0.4 is 0 Å². The first-order valence-electron chi connectivity index (χ1n) is 12.7. The average Bonchev–Trinajstić information content (AvgIpc) is 2.88. The van der Waals surface area contributed by atoms with Crippen LogP contribution in [0.15, 0.2) is 60.7 Å². The fourth-order valence-electron chi connectivity index (χ4n) is 6.30. The molecule has 1 unspecified atom stereocenters. The zero-order valence-electron chi connectivity index (χ0n) is 20.1. The molecule has 2 aromatic carbocycles. The summed E-state index contributed by atoms with van der Waals surface area (Å²) in [5.74, 6) is -0.288. The molecular weight excluding hydrogens is 428 g/mol. The Bertz CT molecular complexity index is 941. The molecule has 0 aromatic heterocycles. The molecule has 1 heterocycles. The molecular formula is C28H36N2O4. The Hall–Kier alpha value is -2.73. The van der Waals surface area contributed by atoms with Crippen molar-refractivity contribution in [1.82, 2.24) is 4.90 Å². The van der Waals surface area contributed by atoms with Crippen LogP contribution in [-0.4, -0.2) is 48.1 Å². The number of hydrogen-bond acceptors (Lipinski definition) is 5. The van der Waals surface area contributed by atoms with E-state index in [1.54, 1.807) is 6.92 Å². The van der Waals surface area contributed by atoms with Gasteiger partial charge in [0.25, 0.3) is 0 Å². The number of nitrogens with zero attached hydrogens (tertiary/aromatic N) is 2. The summed E-state index contributed by atoms with van der Waals surface area (Å²) in [6.45, 7) is 3.34. The summed E-state index contributed by atoms with van der Waals surface area (Å²) in [6.07, 6.45) is 5.97. The third-order valence-corrected chi connectivity index (χ3v) is 8.00. The third-order valence-electron chi connectivity index (χ3n) is 8.00. The lowest BCUT2D eigenvalue weighted by atomic mass is 9.65. The van der Waals surface area contributed by atoms with E-state index in [1.807, 2.05) is 30.3 Å². The molecule has 3 atom stereocenters. The number of carbonyl (C=O) groups is 1. The van der Waals surface area contributed by atoms with Crippen LogP contribution in [0.1, 0.15) is 68.4 Å². The van der Waals surface area contributed by atoms with Gasteiger partial charge < -0.3 is 4.74 Å². The van der Waals surface area contributed by atoms with Gasteiger partial charge in [-0.25, -0.2) is 0 Å². The van der Waals surface area contributed by atoms with Gasteiger partial charge in [0.2, 0.25) is 6.54 Å². The lowest BCUT2D eigenvalue weighted by Gasteiger charge is -2.48. The van der Waals surface area contributed by atoms with Crippen LogP contribution in [0, 0.1) is 15.5 Å². The minimum atomic E-state index is -0.877. The van der Waals surface area contributed by atoms with Crippen LogP contribution in [0.25, 0.3) is 0 Å². The number of benzene rings is 2. The SMILES string of the molecule is CCOC(=O)C1(C(C[N+](=O)[O-])c2ccccc2)CCN([C@@H]2CCCC[C@@H]2c2ccccc2)CC1. The first kappa shape index (κ1) is 24.4. The van der Waals surface area contributed by atoms with Gasteiger partial charge in [-0.15, -0.1) is 0 Å². The van der Waals surface area contributed by atoms with E-state index in [4.69, 9.17) is 4.74 Å². The molecule has 0 N–H and O–H groups in total. The smallest absolute Gasteiger partial charge is 0.313 e. The fourth-order valence-corrected chi connectivity index (χ4v) is 6.30. The van der Waals surface area contributed by atoms with E-state index in [0.29, 0.717) is 24.8 Å². The molecule has 6 nitrogen and oxygen atoms in total. The number of esters is 1. The van der Waals surface area contributed by atoms with Crippen LogP contribution in [0.2, 0.25) is 0 Å². The van der Waals surface area contributed by atoms with Gasteiger partial charge in [-0.3, -0.25) is 19.8 Å². The van der Waals surface area contributed by atoms with E-state index >= 15 is 0 Å². The number of piperidine rings is 1. The van der Waals surface area contributed by atoms with Crippen LogP contribution in [0.5, 0.6) is 0 Å². The Labute approximate surface area is 202 Å². The van der Waals surface area contributed by atoms with Crippen LogP contribution in [-0.2, 0) is 9.53 Å². The van der Waals surface area contributed by atoms with E-state index in [2.05, 4.69) is 35.2 Å². The van der Waals surface area contributed by atoms with E-state index in [9.17, 15) is 14.9 Å². The van der Waals surface area contributed by atoms with Gasteiger partial charge >= 0.3 is 5.97 Å². The van der Waals surface area contributed by atoms with Crippen molar-refractivity contribution >= 4 is 5.97 Å². The zero-order valence-corrected chi connectivity index (χ0v) is 20.1. The molecule has 0 bridgehead atoms. The van der Waals surface area contributed by atoms with E-state index in [1.165, 1.54) is 24.8 Å². The first-order valence-corrected chi connectivity index (χ1v) is 12.7. The van der Waals surface area contributed by atoms with Crippen molar-refractivity contribution in [1.29, 1.82) is 0 Å². The van der Waals surface area contributed by atoms with Gasteiger partial charge in [0.05, 0.1) is 17.9 Å². The Balaban J connectivity index is 1.60. The highest BCUT2D eigenvalue weighted by Crippen LogP contribution is 2.48. The minimum absolute atomic E-state index is 0.265. The predicted octanol–water partition coefficient (Wildman–Crippen LogP) is 5.42. The summed E-state index contributed by atoms with van der Waals surface area (Å²) < 4.78 is 5.56. The molecule has 2 aliphatic rings. The highest BCUT2D eigenvalue weighted by Gasteiger charge is 2.52. The molecule has 1 aliphatic carbocycles. The van der Waals surface area contributed by atoms with Gasteiger partial charge in [-0.05, 0) is 62.7 Å². The highest BCUT2D eigenvalue weighted by atomic mass is 16.6. The Kier molecular flexibility index (Phi) is 7.99. The van der Waals surface area contributed by atoms with Crippen molar-refractivity contribution in [3.05, 3.63) is 81.9 Å². The number of nitro groups is 1. The van der Waals surface area contributed by atoms with Crippen molar-refractivity contribution in [2.45, 2.75) is 63.3 Å². The second-order valence-corrected chi connectivity index (χ2v) is 9.76. The second kappa shape index (κ2) is 11.1. The maximum absolute atomic E-state index is 13.4. The van der Waals surface area contributed by atoms with E-state index in [0.717, 1.165) is 25.1 Å². The van der Waals surface area contributed by atoms with Gasteiger partial charge in [0.15, 0.2) is 0 Å². The molecule has 2 aromatic rings. The number of carbonyl (C=O) groups excluding carboxylic acids is 1. The highest BCUT2D eigenvalue weighted by molar-refractivity contribution is 5.78. The van der Waals surface area contributed by atoms with Crippen molar-refractivity contribution in [3.8, 4) is 0 Å². The molecule has 0 amide bonds. The van der Waals surface area contributed by atoms with Crippen molar-refractivity contribution in [3.63, 3.8) is 0 Å². The molecule has 0 spiro atoms. The summed E-state index contributed by atoms with van der Waals surface area (Å²) in [4.78, 5) is 27.4. The standard InChI is InChI=1S/C28H36N2O4/c1-2-34-27(31)28(25(21-30(32)33)23-13-7-4-8-14-23)17-19-29(20-18-28)26-16-10-9-15-24(26)22-11-5-3-6-12-22/h3-8,11-14,24-26H,2,9-10,15-21H2,1H3/t24-,25?,26-/m1/s1. The van der Waals surface area contributed by atoms with Crippen LogP contribution in [0.3, 0.4) is 0 Å². The maximum Gasteiger partial charge on any atom is 0.313 e. The number of rotatable bonds is 8. The monoisotopic (exact) mass is 464 g/mol. The molecule has 1 saturated heterocycles. The summed E-state index contributed by atoms with van der Waals surface area (Å²) in [7, 11) is 0. The predicted molar refractivity (Wildman–Crippen MR) is 132 cm³/mol. The van der Waals surface area contributed by atoms with Gasteiger partial charge in [-0.2, -0.15) is 0 Å². The van der Waals surface area contributed by atoms with Gasteiger partial charge in [0, 0.05) is 11.0 Å². The number of hydrogen-bond donors (Lipinski definition) is 0. The van der Waals surface area contributed by atoms with E-state index < -0.39 is 11.3 Å². The quantitative estimate of drug-likeness (QED) is 0.296. The van der Waals surface area contributed by atoms with Gasteiger partial charge in [0.1, 0.15) is 0 Å². The van der Waals surface area contributed by atoms with Crippen molar-refractivity contribution < 1.29 is 14.5 Å². The minimum Gasteiger partial charge on any atom is -0.466 e. The lowest BCUT2D eigenvalue weighted by Crippen LogP contribution is -2.53. The molecule has 0 radical (unpaired) electrons. The van der Waals surface area contributed by atoms with E-state index in [-0.39, 0.29) is 24.0 Å². The fraction of sp³-hybridized carbons (Fsp3) is 0.536. The number of ether oxygens (including phenoxy) is 1. The normalized spacial score (nSPS) is 23.7. The zero-order chi connectivity index (χ0) is 24.0.